The third-order valence-corrected chi connectivity index (χ3v) is 5.23. The number of benzene rings is 1. The monoisotopic (exact) mass is 341 g/mol. The van der Waals surface area contributed by atoms with Crippen LogP contribution in [-0.4, -0.2) is 52.9 Å². The Morgan fingerprint density at radius 2 is 2.08 bits per heavy atom. The smallest absolute Gasteiger partial charge is 0.228 e. The second-order valence-corrected chi connectivity index (χ2v) is 7.60. The molecule has 1 aromatic heterocycles. The van der Waals surface area contributed by atoms with Crippen molar-refractivity contribution in [2.75, 3.05) is 26.2 Å². The number of hydrogen-bond acceptors (Lipinski definition) is 4. The van der Waals surface area contributed by atoms with Crippen molar-refractivity contribution in [2.24, 2.45) is 17.8 Å². The molecule has 2 amide bonds. The van der Waals surface area contributed by atoms with Gasteiger partial charge >= 0.3 is 0 Å². The number of hydrogen-bond donors (Lipinski definition) is 0. The van der Waals surface area contributed by atoms with Gasteiger partial charge in [0.05, 0.1) is 12.3 Å². The standard InChI is InChI=1S/C19H23N3O3/c1-12(2)8-22-10-13-9-21(11-15(13)19(22)24)18(23)7-16-14-5-3-4-6-17(14)25-20-16/h3-6,12-13,15H,7-11H2,1-2H3/t13-,15-/m0/s1. The summed E-state index contributed by atoms with van der Waals surface area (Å²) < 4.78 is 5.27. The fourth-order valence-corrected chi connectivity index (χ4v) is 4.07. The molecular weight excluding hydrogens is 318 g/mol. The second-order valence-electron chi connectivity index (χ2n) is 7.60. The highest BCUT2D eigenvalue weighted by molar-refractivity contribution is 5.88. The van der Waals surface area contributed by atoms with Crippen molar-refractivity contribution in [1.29, 1.82) is 0 Å². The number of para-hydroxylation sites is 1. The predicted molar refractivity (Wildman–Crippen MR) is 92.7 cm³/mol. The number of amides is 2. The topological polar surface area (TPSA) is 66.7 Å². The van der Waals surface area contributed by atoms with Crippen molar-refractivity contribution in [3.63, 3.8) is 0 Å². The highest BCUT2D eigenvalue weighted by Crippen LogP contribution is 2.33. The molecule has 3 heterocycles. The number of nitrogens with zero attached hydrogens (tertiary/aromatic N) is 3. The van der Waals surface area contributed by atoms with E-state index in [1.165, 1.54) is 0 Å². The van der Waals surface area contributed by atoms with Crippen LogP contribution in [0.25, 0.3) is 11.0 Å². The lowest BCUT2D eigenvalue weighted by atomic mass is 10.0. The van der Waals surface area contributed by atoms with Gasteiger partial charge in [0, 0.05) is 37.5 Å². The molecule has 0 bridgehead atoms. The Morgan fingerprint density at radius 3 is 2.84 bits per heavy atom. The Bertz CT molecular complexity index is 813. The molecule has 0 saturated carbocycles. The maximum Gasteiger partial charge on any atom is 0.228 e. The fraction of sp³-hybridized carbons (Fsp3) is 0.526. The van der Waals surface area contributed by atoms with Gasteiger partial charge in [-0.1, -0.05) is 31.1 Å². The van der Waals surface area contributed by atoms with E-state index in [-0.39, 0.29) is 30.1 Å². The summed E-state index contributed by atoms with van der Waals surface area (Å²) in [6.45, 7) is 7.04. The Balaban J connectivity index is 1.41. The van der Waals surface area contributed by atoms with Crippen molar-refractivity contribution in [3.8, 4) is 0 Å². The van der Waals surface area contributed by atoms with Crippen LogP contribution >= 0.6 is 0 Å². The molecular formula is C19H23N3O3. The van der Waals surface area contributed by atoms with Crippen LogP contribution in [0.15, 0.2) is 28.8 Å². The van der Waals surface area contributed by atoms with Gasteiger partial charge in [0.1, 0.15) is 5.69 Å². The zero-order chi connectivity index (χ0) is 17.6. The average Bonchev–Trinajstić information content (AvgIpc) is 3.24. The summed E-state index contributed by atoms with van der Waals surface area (Å²) >= 11 is 0. The summed E-state index contributed by atoms with van der Waals surface area (Å²) in [4.78, 5) is 29.0. The minimum absolute atomic E-state index is 0.0247. The highest BCUT2D eigenvalue weighted by atomic mass is 16.5. The molecule has 6 nitrogen and oxygen atoms in total. The van der Waals surface area contributed by atoms with Gasteiger partial charge in [-0.05, 0) is 18.1 Å². The first-order valence-electron chi connectivity index (χ1n) is 8.92. The van der Waals surface area contributed by atoms with E-state index in [0.29, 0.717) is 30.3 Å². The molecule has 0 aliphatic carbocycles. The lowest BCUT2D eigenvalue weighted by Gasteiger charge is -2.23. The Labute approximate surface area is 146 Å². The number of rotatable bonds is 4. The molecule has 2 aromatic rings. The van der Waals surface area contributed by atoms with Gasteiger partial charge in [-0.2, -0.15) is 0 Å². The number of carbonyl (C=O) groups is 2. The van der Waals surface area contributed by atoms with Gasteiger partial charge in [-0.25, -0.2) is 0 Å². The van der Waals surface area contributed by atoms with Crippen LogP contribution in [0.5, 0.6) is 0 Å². The number of fused-ring (bicyclic) bond motifs is 2. The zero-order valence-corrected chi connectivity index (χ0v) is 14.6. The molecule has 2 atom stereocenters. The molecule has 25 heavy (non-hydrogen) atoms. The van der Waals surface area contributed by atoms with Crippen molar-refractivity contribution >= 4 is 22.8 Å². The molecule has 0 spiro atoms. The summed E-state index contributed by atoms with van der Waals surface area (Å²) in [5.74, 6) is 0.944. The van der Waals surface area contributed by atoms with Gasteiger partial charge in [0.25, 0.3) is 0 Å². The first-order valence-corrected chi connectivity index (χ1v) is 8.92. The molecule has 2 fully saturated rings. The Kier molecular flexibility index (Phi) is 3.98. The summed E-state index contributed by atoms with van der Waals surface area (Å²) in [5.41, 5.74) is 1.37. The van der Waals surface area contributed by atoms with Crippen molar-refractivity contribution in [1.82, 2.24) is 15.0 Å². The van der Waals surface area contributed by atoms with E-state index in [4.69, 9.17) is 4.52 Å². The first kappa shape index (κ1) is 16.1. The Hall–Kier alpha value is -2.37. The maximum absolute atomic E-state index is 12.7. The molecule has 4 rings (SSSR count). The van der Waals surface area contributed by atoms with Crippen LogP contribution in [0.2, 0.25) is 0 Å². The van der Waals surface area contributed by atoms with E-state index >= 15 is 0 Å². The van der Waals surface area contributed by atoms with Crippen LogP contribution in [-0.2, 0) is 16.0 Å². The van der Waals surface area contributed by atoms with Crippen LogP contribution in [0.4, 0.5) is 0 Å². The van der Waals surface area contributed by atoms with E-state index in [1.807, 2.05) is 34.1 Å². The number of carbonyl (C=O) groups excluding carboxylic acids is 2. The molecule has 0 radical (unpaired) electrons. The molecule has 2 saturated heterocycles. The maximum atomic E-state index is 12.7. The fourth-order valence-electron chi connectivity index (χ4n) is 4.07. The van der Waals surface area contributed by atoms with Crippen molar-refractivity contribution in [3.05, 3.63) is 30.0 Å². The second kappa shape index (κ2) is 6.17. The highest BCUT2D eigenvalue weighted by Gasteiger charge is 2.47. The normalized spacial score (nSPS) is 23.1. The van der Waals surface area contributed by atoms with Crippen LogP contribution in [0.3, 0.4) is 0 Å². The third kappa shape index (κ3) is 2.90. The van der Waals surface area contributed by atoms with E-state index < -0.39 is 0 Å². The molecule has 0 N–H and O–H groups in total. The minimum atomic E-state index is -0.0308. The Morgan fingerprint density at radius 1 is 1.28 bits per heavy atom. The quantitative estimate of drug-likeness (QED) is 0.852. The zero-order valence-electron chi connectivity index (χ0n) is 14.6. The van der Waals surface area contributed by atoms with Gasteiger partial charge in [-0.15, -0.1) is 0 Å². The van der Waals surface area contributed by atoms with E-state index in [1.54, 1.807) is 0 Å². The van der Waals surface area contributed by atoms with Gasteiger partial charge in [0.2, 0.25) is 11.8 Å². The van der Waals surface area contributed by atoms with Gasteiger partial charge < -0.3 is 14.3 Å². The number of likely N-dealkylation sites (tertiary alicyclic amines) is 2. The molecule has 132 valence electrons. The van der Waals surface area contributed by atoms with E-state index in [9.17, 15) is 9.59 Å². The molecule has 2 aliphatic heterocycles. The molecule has 1 aromatic carbocycles. The van der Waals surface area contributed by atoms with E-state index in [2.05, 4.69) is 19.0 Å². The van der Waals surface area contributed by atoms with Crippen LogP contribution < -0.4 is 0 Å². The minimum Gasteiger partial charge on any atom is -0.356 e. The van der Waals surface area contributed by atoms with Crippen molar-refractivity contribution in [2.45, 2.75) is 20.3 Å². The molecule has 2 aliphatic rings. The largest absolute Gasteiger partial charge is 0.356 e. The summed E-state index contributed by atoms with van der Waals surface area (Å²) in [7, 11) is 0. The number of aromatic nitrogens is 1. The van der Waals surface area contributed by atoms with Gasteiger partial charge in [0.15, 0.2) is 5.58 Å². The lowest BCUT2D eigenvalue weighted by molar-refractivity contribution is -0.133. The predicted octanol–water partition coefficient (Wildman–Crippen LogP) is 1.94. The van der Waals surface area contributed by atoms with Crippen LogP contribution in [0, 0.1) is 17.8 Å². The lowest BCUT2D eigenvalue weighted by Crippen LogP contribution is -2.37. The van der Waals surface area contributed by atoms with Gasteiger partial charge in [-0.3, -0.25) is 9.59 Å². The SMILES string of the molecule is CC(C)CN1C[C@@H]2CN(C(=O)Cc3noc4ccccc34)C[C@@H]2C1=O. The third-order valence-electron chi connectivity index (χ3n) is 5.23. The summed E-state index contributed by atoms with van der Waals surface area (Å²) in [6, 6.07) is 7.56. The summed E-state index contributed by atoms with van der Waals surface area (Å²) in [5, 5.41) is 4.92. The van der Waals surface area contributed by atoms with E-state index in [0.717, 1.165) is 18.5 Å². The summed E-state index contributed by atoms with van der Waals surface area (Å²) in [6.07, 6.45) is 0.223. The first-order chi connectivity index (χ1) is 12.0. The average molecular weight is 341 g/mol. The van der Waals surface area contributed by atoms with Crippen molar-refractivity contribution < 1.29 is 14.1 Å². The molecule has 0 unspecified atom stereocenters. The van der Waals surface area contributed by atoms with Crippen LogP contribution in [0.1, 0.15) is 19.5 Å². The molecule has 6 heteroatoms.